The smallest absolute Gasteiger partial charge is 0.296 e. The van der Waals surface area contributed by atoms with Crippen LogP contribution in [0.4, 0.5) is 0 Å². The number of ether oxygens (including phenoxy) is 2. The van der Waals surface area contributed by atoms with Crippen molar-refractivity contribution < 1.29 is 26.9 Å². The second-order valence-electron chi connectivity index (χ2n) is 7.96. The zero-order chi connectivity index (χ0) is 20.4. The predicted molar refractivity (Wildman–Crippen MR) is 103 cm³/mol. The molecule has 8 heteroatoms. The summed E-state index contributed by atoms with van der Waals surface area (Å²) < 4.78 is 40.8. The normalized spacial score (nSPS) is 23.1. The molecule has 156 valence electrons. The first-order valence-electron chi connectivity index (χ1n) is 9.73. The molecule has 2 saturated heterocycles. The van der Waals surface area contributed by atoms with Gasteiger partial charge in [0.15, 0.2) is 11.9 Å². The van der Waals surface area contributed by atoms with Crippen LogP contribution in [0.15, 0.2) is 29.2 Å². The Hall–Kier alpha value is -1.48. The fourth-order valence-electron chi connectivity index (χ4n) is 3.55. The Kier molecular flexibility index (Phi) is 6.44. The van der Waals surface area contributed by atoms with E-state index in [0.29, 0.717) is 25.4 Å². The van der Waals surface area contributed by atoms with E-state index in [0.717, 1.165) is 18.4 Å². The maximum absolute atomic E-state index is 12.5. The summed E-state index contributed by atoms with van der Waals surface area (Å²) in [5.41, 5.74) is 0.999. The second-order valence-corrected chi connectivity index (χ2v) is 9.58. The minimum Gasteiger partial charge on any atom is -0.347 e. The maximum atomic E-state index is 12.5. The van der Waals surface area contributed by atoms with E-state index in [1.165, 1.54) is 0 Å². The van der Waals surface area contributed by atoms with E-state index in [1.54, 1.807) is 38.1 Å². The zero-order valence-electron chi connectivity index (χ0n) is 16.7. The highest BCUT2D eigenvalue weighted by Gasteiger charge is 2.39. The molecule has 7 nitrogen and oxygen atoms in total. The van der Waals surface area contributed by atoms with E-state index in [-0.39, 0.29) is 24.0 Å². The molecule has 0 unspecified atom stereocenters. The highest BCUT2D eigenvalue weighted by Crippen LogP contribution is 2.26. The van der Waals surface area contributed by atoms with Gasteiger partial charge in [-0.3, -0.25) is 8.98 Å². The van der Waals surface area contributed by atoms with Gasteiger partial charge in [-0.1, -0.05) is 17.7 Å². The molecular weight excluding hydrogens is 382 g/mol. The van der Waals surface area contributed by atoms with Gasteiger partial charge in [-0.25, -0.2) is 0 Å². The number of benzene rings is 1. The van der Waals surface area contributed by atoms with Crippen LogP contribution >= 0.6 is 0 Å². The molecule has 2 heterocycles. The lowest BCUT2D eigenvalue weighted by Crippen LogP contribution is -2.45. The second kappa shape index (κ2) is 8.49. The number of amides is 1. The Morgan fingerprint density at radius 1 is 1.21 bits per heavy atom. The van der Waals surface area contributed by atoms with Gasteiger partial charge < -0.3 is 14.4 Å². The summed E-state index contributed by atoms with van der Waals surface area (Å²) in [4.78, 5) is 14.5. The molecule has 1 aromatic rings. The number of carbonyl (C=O) groups is 1. The van der Waals surface area contributed by atoms with Crippen LogP contribution in [0.25, 0.3) is 0 Å². The summed E-state index contributed by atoms with van der Waals surface area (Å²) >= 11 is 0. The summed E-state index contributed by atoms with van der Waals surface area (Å²) in [6.45, 7) is 7.25. The van der Waals surface area contributed by atoms with Crippen molar-refractivity contribution in [3.63, 3.8) is 0 Å². The van der Waals surface area contributed by atoms with Gasteiger partial charge in [0.25, 0.3) is 16.0 Å². The molecule has 1 aromatic carbocycles. The van der Waals surface area contributed by atoms with Crippen molar-refractivity contribution in [1.82, 2.24) is 4.90 Å². The van der Waals surface area contributed by atoms with E-state index in [4.69, 9.17) is 13.7 Å². The van der Waals surface area contributed by atoms with Crippen LogP contribution in [0.1, 0.15) is 38.7 Å². The van der Waals surface area contributed by atoms with Gasteiger partial charge in [-0.15, -0.1) is 0 Å². The molecular formula is C20H29NO6S. The number of hydrogen-bond acceptors (Lipinski definition) is 6. The van der Waals surface area contributed by atoms with Crippen LogP contribution in [0, 0.1) is 12.8 Å². The molecule has 0 radical (unpaired) electrons. The molecule has 0 saturated carbocycles. The van der Waals surface area contributed by atoms with E-state index >= 15 is 0 Å². The monoisotopic (exact) mass is 411 g/mol. The maximum Gasteiger partial charge on any atom is 0.296 e. The number of rotatable bonds is 6. The SMILES string of the molecule is Cc1ccc(S(=O)(=O)OCCC2CCN(C(=O)[C@@H]3COC(C)(C)O3)CC2)cc1. The van der Waals surface area contributed by atoms with Crippen LogP contribution in [0.2, 0.25) is 0 Å². The van der Waals surface area contributed by atoms with Gasteiger partial charge in [0.2, 0.25) is 0 Å². The third-order valence-corrected chi connectivity index (χ3v) is 6.61. The van der Waals surface area contributed by atoms with Crippen molar-refractivity contribution in [1.29, 1.82) is 0 Å². The molecule has 28 heavy (non-hydrogen) atoms. The number of carbonyl (C=O) groups excluding carboxylic acids is 1. The minimum absolute atomic E-state index is 0.0257. The summed E-state index contributed by atoms with van der Waals surface area (Å²) in [7, 11) is -3.72. The lowest BCUT2D eigenvalue weighted by molar-refractivity contribution is -0.161. The van der Waals surface area contributed by atoms with Gasteiger partial charge in [-0.05, 0) is 58.1 Å². The van der Waals surface area contributed by atoms with Crippen LogP contribution in [-0.4, -0.2) is 57.4 Å². The fraction of sp³-hybridized carbons (Fsp3) is 0.650. The van der Waals surface area contributed by atoms with Gasteiger partial charge in [-0.2, -0.15) is 8.42 Å². The average Bonchev–Trinajstić information content (AvgIpc) is 3.02. The number of nitrogens with zero attached hydrogens (tertiary/aromatic N) is 1. The van der Waals surface area contributed by atoms with Gasteiger partial charge >= 0.3 is 0 Å². The molecule has 0 N–H and O–H groups in total. The van der Waals surface area contributed by atoms with E-state index in [2.05, 4.69) is 0 Å². The molecule has 2 aliphatic rings. The molecule has 3 rings (SSSR count). The first kappa shape index (κ1) is 21.2. The van der Waals surface area contributed by atoms with Crippen molar-refractivity contribution in [3.8, 4) is 0 Å². The topological polar surface area (TPSA) is 82.1 Å². The van der Waals surface area contributed by atoms with Crippen molar-refractivity contribution >= 4 is 16.0 Å². The van der Waals surface area contributed by atoms with Crippen LogP contribution in [0.5, 0.6) is 0 Å². The number of aryl methyl sites for hydroxylation is 1. The molecule has 0 aliphatic carbocycles. The predicted octanol–water partition coefficient (Wildman–Crippen LogP) is 2.48. The van der Waals surface area contributed by atoms with Crippen molar-refractivity contribution in [2.24, 2.45) is 5.92 Å². The first-order chi connectivity index (χ1) is 13.2. The molecule has 1 amide bonds. The summed E-state index contributed by atoms with van der Waals surface area (Å²) in [6, 6.07) is 6.63. The van der Waals surface area contributed by atoms with Crippen LogP contribution < -0.4 is 0 Å². The van der Waals surface area contributed by atoms with E-state index < -0.39 is 22.0 Å². The lowest BCUT2D eigenvalue weighted by Gasteiger charge is -2.33. The molecule has 0 aromatic heterocycles. The molecule has 1 atom stereocenters. The van der Waals surface area contributed by atoms with E-state index in [1.807, 2.05) is 11.8 Å². The van der Waals surface area contributed by atoms with Crippen molar-refractivity contribution in [2.45, 2.75) is 56.8 Å². The third-order valence-electron chi connectivity index (χ3n) is 5.28. The number of piperidine rings is 1. The van der Waals surface area contributed by atoms with Crippen LogP contribution in [-0.2, 0) is 28.6 Å². The first-order valence-corrected chi connectivity index (χ1v) is 11.1. The average molecular weight is 412 g/mol. The van der Waals surface area contributed by atoms with Gasteiger partial charge in [0.05, 0.1) is 18.1 Å². The van der Waals surface area contributed by atoms with Crippen LogP contribution in [0.3, 0.4) is 0 Å². The third kappa shape index (κ3) is 5.31. The molecule has 2 aliphatic heterocycles. The molecule has 0 bridgehead atoms. The van der Waals surface area contributed by atoms with Crippen molar-refractivity contribution in [3.05, 3.63) is 29.8 Å². The zero-order valence-corrected chi connectivity index (χ0v) is 17.5. The Morgan fingerprint density at radius 3 is 2.43 bits per heavy atom. The number of likely N-dealkylation sites (tertiary alicyclic amines) is 1. The minimum atomic E-state index is -3.72. The summed E-state index contributed by atoms with van der Waals surface area (Å²) in [5.74, 6) is -0.393. The summed E-state index contributed by atoms with van der Waals surface area (Å²) in [6.07, 6.45) is 1.78. The highest BCUT2D eigenvalue weighted by molar-refractivity contribution is 7.86. The molecule has 0 spiro atoms. The summed E-state index contributed by atoms with van der Waals surface area (Å²) in [5, 5.41) is 0. The fourth-order valence-corrected chi connectivity index (χ4v) is 4.47. The van der Waals surface area contributed by atoms with E-state index in [9.17, 15) is 13.2 Å². The van der Waals surface area contributed by atoms with Gasteiger partial charge in [0.1, 0.15) is 0 Å². The Balaban J connectivity index is 1.41. The quantitative estimate of drug-likeness (QED) is 0.669. The Labute approximate surface area is 167 Å². The number of hydrogen-bond donors (Lipinski definition) is 0. The highest BCUT2D eigenvalue weighted by atomic mass is 32.2. The van der Waals surface area contributed by atoms with Gasteiger partial charge in [0, 0.05) is 13.1 Å². The van der Waals surface area contributed by atoms with Crippen molar-refractivity contribution in [2.75, 3.05) is 26.3 Å². The molecule has 2 fully saturated rings. The largest absolute Gasteiger partial charge is 0.347 e. The Bertz CT molecular complexity index is 781. The lowest BCUT2D eigenvalue weighted by atomic mass is 9.94. The Morgan fingerprint density at radius 2 is 1.86 bits per heavy atom. The standard InChI is InChI=1S/C20H29NO6S/c1-15-4-6-17(7-5-15)28(23,24)26-13-10-16-8-11-21(12-9-16)19(22)18-14-25-20(2,3)27-18/h4-7,16,18H,8-14H2,1-3H3/t18-/m0/s1.